The number of furan rings is 1. The van der Waals surface area contributed by atoms with Gasteiger partial charge in [0, 0.05) is 31.7 Å². The third kappa shape index (κ3) is 5.42. The van der Waals surface area contributed by atoms with Crippen molar-refractivity contribution in [2.75, 3.05) is 26.2 Å². The second-order valence-corrected chi connectivity index (χ2v) is 5.63. The van der Waals surface area contributed by atoms with Crippen molar-refractivity contribution in [2.24, 2.45) is 10.9 Å². The lowest BCUT2D eigenvalue weighted by Crippen LogP contribution is -2.39. The van der Waals surface area contributed by atoms with E-state index < -0.39 is 0 Å². The number of guanidine groups is 1. The van der Waals surface area contributed by atoms with Crippen LogP contribution in [0, 0.1) is 12.8 Å². The molecule has 1 aliphatic carbocycles. The first-order valence-electron chi connectivity index (χ1n) is 8.05. The Hall–Kier alpha value is -1.98. The lowest BCUT2D eigenvalue weighted by atomic mass is 10.2. The Morgan fingerprint density at radius 2 is 2.09 bits per heavy atom. The summed E-state index contributed by atoms with van der Waals surface area (Å²) in [7, 11) is 0. The molecule has 0 aliphatic heterocycles. The van der Waals surface area contributed by atoms with Crippen LogP contribution in [0.5, 0.6) is 0 Å². The highest BCUT2D eigenvalue weighted by atomic mass is 16.3. The van der Waals surface area contributed by atoms with Crippen LogP contribution in [0.2, 0.25) is 0 Å². The number of aryl methyl sites for hydroxylation is 1. The van der Waals surface area contributed by atoms with Crippen LogP contribution in [-0.2, 0) is 0 Å². The summed E-state index contributed by atoms with van der Waals surface area (Å²) in [4.78, 5) is 16.4. The van der Waals surface area contributed by atoms with Crippen LogP contribution < -0.4 is 16.0 Å². The molecular weight excluding hydrogens is 280 g/mol. The van der Waals surface area contributed by atoms with Crippen molar-refractivity contribution in [3.05, 3.63) is 23.7 Å². The molecule has 1 aromatic heterocycles. The molecule has 6 nitrogen and oxygen atoms in total. The predicted molar refractivity (Wildman–Crippen MR) is 87.1 cm³/mol. The molecule has 3 N–H and O–H groups in total. The average molecular weight is 306 g/mol. The topological polar surface area (TPSA) is 78.7 Å². The summed E-state index contributed by atoms with van der Waals surface area (Å²) < 4.78 is 5.16. The largest absolute Gasteiger partial charge is 0.459 e. The van der Waals surface area contributed by atoms with Gasteiger partial charge in [0.1, 0.15) is 0 Å². The van der Waals surface area contributed by atoms with E-state index in [0.717, 1.165) is 43.5 Å². The number of hydrogen-bond acceptors (Lipinski definition) is 3. The smallest absolute Gasteiger partial charge is 0.287 e. The van der Waals surface area contributed by atoms with Crippen molar-refractivity contribution >= 4 is 11.9 Å². The number of rotatable bonds is 8. The van der Waals surface area contributed by atoms with Gasteiger partial charge in [-0.15, -0.1) is 0 Å². The first-order valence-corrected chi connectivity index (χ1v) is 8.05. The van der Waals surface area contributed by atoms with E-state index in [1.165, 1.54) is 19.1 Å². The summed E-state index contributed by atoms with van der Waals surface area (Å²) >= 11 is 0. The van der Waals surface area contributed by atoms with Gasteiger partial charge < -0.3 is 20.4 Å². The van der Waals surface area contributed by atoms with Crippen LogP contribution in [-0.4, -0.2) is 38.0 Å². The standard InChI is InChI=1S/C16H26N4O2/c1-3-17-16(20-11-13-5-6-13)19-9-4-8-18-15(21)14-12(2)7-10-22-14/h7,10,13H,3-6,8-9,11H2,1-2H3,(H,18,21)(H2,17,19,20). The highest BCUT2D eigenvalue weighted by molar-refractivity contribution is 5.92. The second kappa shape index (κ2) is 8.46. The number of hydrogen-bond donors (Lipinski definition) is 3. The zero-order chi connectivity index (χ0) is 15.8. The third-order valence-corrected chi connectivity index (χ3v) is 3.55. The highest BCUT2D eigenvalue weighted by Crippen LogP contribution is 2.28. The minimum absolute atomic E-state index is 0.156. The van der Waals surface area contributed by atoms with Crippen molar-refractivity contribution < 1.29 is 9.21 Å². The van der Waals surface area contributed by atoms with Crippen LogP contribution in [0.3, 0.4) is 0 Å². The zero-order valence-electron chi connectivity index (χ0n) is 13.4. The lowest BCUT2D eigenvalue weighted by molar-refractivity contribution is 0.0925. The molecule has 0 atom stereocenters. The summed E-state index contributed by atoms with van der Waals surface area (Å²) in [5.74, 6) is 1.89. The Morgan fingerprint density at radius 3 is 2.73 bits per heavy atom. The van der Waals surface area contributed by atoms with Crippen molar-refractivity contribution in [1.82, 2.24) is 16.0 Å². The molecule has 0 radical (unpaired) electrons. The summed E-state index contributed by atoms with van der Waals surface area (Å²) in [6.45, 7) is 7.05. The lowest BCUT2D eigenvalue weighted by Gasteiger charge is -2.11. The Bertz CT molecular complexity index is 506. The van der Waals surface area contributed by atoms with Gasteiger partial charge in [0.25, 0.3) is 5.91 Å². The normalized spacial score (nSPS) is 14.7. The van der Waals surface area contributed by atoms with Crippen LogP contribution in [0.25, 0.3) is 0 Å². The molecule has 1 aromatic rings. The summed E-state index contributed by atoms with van der Waals surface area (Å²) in [5.41, 5.74) is 0.859. The van der Waals surface area contributed by atoms with Crippen LogP contribution in [0.15, 0.2) is 21.7 Å². The first kappa shape index (κ1) is 16.4. The molecule has 2 rings (SSSR count). The van der Waals surface area contributed by atoms with Gasteiger partial charge in [-0.3, -0.25) is 9.79 Å². The zero-order valence-corrected chi connectivity index (χ0v) is 13.4. The molecule has 0 aromatic carbocycles. The van der Waals surface area contributed by atoms with E-state index in [4.69, 9.17) is 4.42 Å². The van der Waals surface area contributed by atoms with Crippen molar-refractivity contribution in [2.45, 2.75) is 33.1 Å². The number of carbonyl (C=O) groups excluding carboxylic acids is 1. The summed E-state index contributed by atoms with van der Waals surface area (Å²) in [5, 5.41) is 9.38. The Balaban J connectivity index is 1.61. The fraction of sp³-hybridized carbons (Fsp3) is 0.625. The van der Waals surface area contributed by atoms with Gasteiger partial charge in [-0.25, -0.2) is 0 Å². The minimum atomic E-state index is -0.156. The molecule has 6 heteroatoms. The Morgan fingerprint density at radius 1 is 1.32 bits per heavy atom. The monoisotopic (exact) mass is 306 g/mol. The van der Waals surface area contributed by atoms with Gasteiger partial charge in [0.2, 0.25) is 0 Å². The van der Waals surface area contributed by atoms with Gasteiger partial charge in [-0.1, -0.05) is 0 Å². The molecule has 22 heavy (non-hydrogen) atoms. The average Bonchev–Trinajstić information content (AvgIpc) is 3.24. The summed E-state index contributed by atoms with van der Waals surface area (Å²) in [6.07, 6.45) is 4.98. The maximum atomic E-state index is 11.8. The second-order valence-electron chi connectivity index (χ2n) is 5.63. The van der Waals surface area contributed by atoms with Crippen molar-refractivity contribution in [3.8, 4) is 0 Å². The van der Waals surface area contributed by atoms with Crippen LogP contribution in [0.1, 0.15) is 42.3 Å². The molecule has 0 spiro atoms. The molecule has 1 fully saturated rings. The maximum Gasteiger partial charge on any atom is 0.287 e. The molecule has 0 unspecified atom stereocenters. The Kier molecular flexibility index (Phi) is 6.30. The van der Waals surface area contributed by atoms with Gasteiger partial charge in [-0.05, 0) is 45.1 Å². The predicted octanol–water partition coefficient (Wildman–Crippen LogP) is 1.67. The quantitative estimate of drug-likeness (QED) is 0.388. The summed E-state index contributed by atoms with van der Waals surface area (Å²) in [6, 6.07) is 1.79. The molecule has 1 saturated carbocycles. The van der Waals surface area contributed by atoms with Gasteiger partial charge in [-0.2, -0.15) is 0 Å². The van der Waals surface area contributed by atoms with E-state index in [0.29, 0.717) is 12.3 Å². The molecule has 1 aliphatic rings. The van der Waals surface area contributed by atoms with Gasteiger partial charge in [0.05, 0.1) is 6.26 Å². The fourth-order valence-corrected chi connectivity index (χ4v) is 2.05. The SMILES string of the molecule is CCNC(=NCC1CC1)NCCCNC(=O)c1occc1C. The first-order chi connectivity index (χ1) is 10.7. The van der Waals surface area contributed by atoms with Crippen LogP contribution in [0.4, 0.5) is 0 Å². The molecular formula is C16H26N4O2. The highest BCUT2D eigenvalue weighted by Gasteiger charge is 2.20. The van der Waals surface area contributed by atoms with Gasteiger partial charge >= 0.3 is 0 Å². The number of nitrogens with zero attached hydrogens (tertiary/aromatic N) is 1. The number of amides is 1. The van der Waals surface area contributed by atoms with Crippen LogP contribution >= 0.6 is 0 Å². The van der Waals surface area contributed by atoms with E-state index in [1.807, 2.05) is 6.92 Å². The minimum Gasteiger partial charge on any atom is -0.459 e. The number of carbonyl (C=O) groups is 1. The van der Waals surface area contributed by atoms with Crippen molar-refractivity contribution in [1.29, 1.82) is 0 Å². The van der Waals surface area contributed by atoms with E-state index >= 15 is 0 Å². The van der Waals surface area contributed by atoms with E-state index in [9.17, 15) is 4.79 Å². The number of aliphatic imine (C=N–C) groups is 1. The van der Waals surface area contributed by atoms with E-state index in [1.54, 1.807) is 6.07 Å². The molecule has 0 saturated heterocycles. The molecule has 0 bridgehead atoms. The van der Waals surface area contributed by atoms with E-state index in [2.05, 4.69) is 27.9 Å². The molecule has 1 heterocycles. The maximum absolute atomic E-state index is 11.8. The number of nitrogens with one attached hydrogen (secondary N) is 3. The van der Waals surface area contributed by atoms with Crippen molar-refractivity contribution in [3.63, 3.8) is 0 Å². The molecule has 122 valence electrons. The molecule has 1 amide bonds. The third-order valence-electron chi connectivity index (χ3n) is 3.55. The fourth-order valence-electron chi connectivity index (χ4n) is 2.05. The van der Waals surface area contributed by atoms with Gasteiger partial charge in [0.15, 0.2) is 11.7 Å². The Labute approximate surface area is 131 Å². The van der Waals surface area contributed by atoms with E-state index in [-0.39, 0.29) is 5.91 Å².